The molecule has 0 aromatic heterocycles. The van der Waals surface area contributed by atoms with Gasteiger partial charge < -0.3 is 24.8 Å². The molecule has 9 nitrogen and oxygen atoms in total. The molecule has 0 atom stereocenters. The van der Waals surface area contributed by atoms with E-state index in [1.54, 1.807) is 24.3 Å². The fourth-order valence-corrected chi connectivity index (χ4v) is 3.18. The predicted molar refractivity (Wildman–Crippen MR) is 112 cm³/mol. The summed E-state index contributed by atoms with van der Waals surface area (Å²) in [7, 11) is 0. The molecule has 4 rings (SSSR count). The lowest BCUT2D eigenvalue weighted by molar-refractivity contribution is -0.127. The molecular formula is C22H21N3O6. The summed E-state index contributed by atoms with van der Waals surface area (Å²) in [5, 5.41) is 5.18. The Morgan fingerprint density at radius 2 is 1.90 bits per heavy atom. The number of anilines is 1. The van der Waals surface area contributed by atoms with Crippen molar-refractivity contribution in [2.24, 2.45) is 0 Å². The van der Waals surface area contributed by atoms with E-state index in [9.17, 15) is 14.4 Å². The van der Waals surface area contributed by atoms with Crippen LogP contribution in [0.25, 0.3) is 6.08 Å². The molecule has 0 bridgehead atoms. The number of aryl methyl sites for hydroxylation is 1. The third-order valence-corrected chi connectivity index (χ3v) is 4.70. The van der Waals surface area contributed by atoms with Crippen molar-refractivity contribution in [3.05, 3.63) is 53.2 Å². The monoisotopic (exact) mass is 423 g/mol. The minimum atomic E-state index is -0.672. The van der Waals surface area contributed by atoms with Crippen LogP contribution in [-0.4, -0.2) is 42.7 Å². The van der Waals surface area contributed by atoms with E-state index in [0.717, 1.165) is 10.5 Å². The Balaban J connectivity index is 1.51. The van der Waals surface area contributed by atoms with Crippen LogP contribution in [0.5, 0.6) is 17.2 Å². The number of imide groups is 1. The van der Waals surface area contributed by atoms with Crippen LogP contribution in [0.15, 0.2) is 42.1 Å². The normalized spacial score (nSPS) is 15.9. The van der Waals surface area contributed by atoms with Crippen molar-refractivity contribution < 1.29 is 28.6 Å². The molecule has 0 unspecified atom stereocenters. The number of carbonyl (C=O) groups excluding carboxylic acids is 3. The quantitative estimate of drug-likeness (QED) is 0.547. The van der Waals surface area contributed by atoms with E-state index in [0.29, 0.717) is 35.1 Å². The Morgan fingerprint density at radius 1 is 1.19 bits per heavy atom. The van der Waals surface area contributed by atoms with Crippen LogP contribution in [0.4, 0.5) is 10.5 Å². The standard InChI is InChI=1S/C22H21N3O6/c1-3-29-17-10-19-18(30-12-31-19)9-14(17)8-16-21(27)25(22(28)24-16)11-20(26)23-15-6-4-13(2)5-7-15/h4-10H,3,11-12H2,1-2H3,(H,23,26)(H,24,28)/b16-8+. The molecule has 31 heavy (non-hydrogen) atoms. The number of nitrogens with one attached hydrogen (secondary N) is 2. The van der Waals surface area contributed by atoms with Crippen molar-refractivity contribution in [2.45, 2.75) is 13.8 Å². The number of hydrogen-bond donors (Lipinski definition) is 2. The molecule has 0 aliphatic carbocycles. The zero-order chi connectivity index (χ0) is 22.0. The molecule has 160 valence electrons. The van der Waals surface area contributed by atoms with Gasteiger partial charge >= 0.3 is 6.03 Å². The molecule has 2 heterocycles. The Bertz CT molecular complexity index is 1080. The van der Waals surface area contributed by atoms with Gasteiger partial charge in [-0.3, -0.25) is 9.59 Å². The second kappa shape index (κ2) is 8.39. The molecule has 0 saturated carbocycles. The summed E-state index contributed by atoms with van der Waals surface area (Å²) in [5.41, 5.74) is 2.21. The summed E-state index contributed by atoms with van der Waals surface area (Å²) in [6, 6.07) is 9.88. The highest BCUT2D eigenvalue weighted by molar-refractivity contribution is 6.16. The van der Waals surface area contributed by atoms with Gasteiger partial charge in [0, 0.05) is 17.3 Å². The maximum absolute atomic E-state index is 12.8. The highest BCUT2D eigenvalue weighted by Crippen LogP contribution is 2.39. The largest absolute Gasteiger partial charge is 0.493 e. The highest BCUT2D eigenvalue weighted by Gasteiger charge is 2.35. The molecule has 2 aromatic carbocycles. The summed E-state index contributed by atoms with van der Waals surface area (Å²) in [5.74, 6) is 0.455. The summed E-state index contributed by atoms with van der Waals surface area (Å²) in [6.45, 7) is 3.86. The molecule has 2 aliphatic heterocycles. The van der Waals surface area contributed by atoms with E-state index in [2.05, 4.69) is 10.6 Å². The van der Waals surface area contributed by atoms with Gasteiger partial charge in [-0.2, -0.15) is 0 Å². The minimum absolute atomic E-state index is 0.0351. The lowest BCUT2D eigenvalue weighted by Gasteiger charge is -2.12. The fraction of sp³-hybridized carbons (Fsp3) is 0.227. The fourth-order valence-electron chi connectivity index (χ4n) is 3.18. The maximum atomic E-state index is 12.8. The van der Waals surface area contributed by atoms with Gasteiger partial charge in [-0.1, -0.05) is 17.7 Å². The van der Waals surface area contributed by atoms with Gasteiger partial charge in [0.05, 0.1) is 6.61 Å². The highest BCUT2D eigenvalue weighted by atomic mass is 16.7. The number of carbonyl (C=O) groups is 3. The Labute approximate surface area is 178 Å². The van der Waals surface area contributed by atoms with Crippen LogP contribution in [-0.2, 0) is 9.59 Å². The SMILES string of the molecule is CCOc1cc2c(cc1/C=C1/NC(=O)N(CC(=O)Nc3ccc(C)cc3)C1=O)OCO2. The van der Waals surface area contributed by atoms with Gasteiger partial charge in [-0.25, -0.2) is 9.69 Å². The van der Waals surface area contributed by atoms with E-state index < -0.39 is 24.4 Å². The van der Waals surface area contributed by atoms with Crippen molar-refractivity contribution in [2.75, 3.05) is 25.3 Å². The lowest BCUT2D eigenvalue weighted by Crippen LogP contribution is -2.38. The maximum Gasteiger partial charge on any atom is 0.329 e. The molecule has 2 aliphatic rings. The Hall–Kier alpha value is -4.01. The Kier molecular flexibility index (Phi) is 5.48. The van der Waals surface area contributed by atoms with E-state index in [4.69, 9.17) is 14.2 Å². The van der Waals surface area contributed by atoms with Gasteiger partial charge in [-0.05, 0) is 38.1 Å². The number of urea groups is 1. The molecule has 9 heteroatoms. The van der Waals surface area contributed by atoms with E-state index in [1.807, 2.05) is 26.0 Å². The van der Waals surface area contributed by atoms with Gasteiger partial charge in [0.15, 0.2) is 11.5 Å². The summed E-state index contributed by atoms with van der Waals surface area (Å²) >= 11 is 0. The third kappa shape index (κ3) is 4.30. The van der Waals surface area contributed by atoms with Crippen LogP contribution in [0.1, 0.15) is 18.1 Å². The number of ether oxygens (including phenoxy) is 3. The van der Waals surface area contributed by atoms with E-state index in [1.165, 1.54) is 6.08 Å². The van der Waals surface area contributed by atoms with Crippen LogP contribution in [0, 0.1) is 6.92 Å². The molecular weight excluding hydrogens is 402 g/mol. The first kappa shape index (κ1) is 20.3. The second-order valence-electron chi connectivity index (χ2n) is 6.97. The third-order valence-electron chi connectivity index (χ3n) is 4.70. The molecule has 2 aromatic rings. The molecule has 4 amide bonds. The summed E-state index contributed by atoms with van der Waals surface area (Å²) in [6.07, 6.45) is 1.49. The first-order valence-electron chi connectivity index (χ1n) is 9.72. The van der Waals surface area contributed by atoms with Crippen LogP contribution >= 0.6 is 0 Å². The topological polar surface area (TPSA) is 106 Å². The van der Waals surface area contributed by atoms with Crippen molar-refractivity contribution in [1.29, 1.82) is 0 Å². The number of rotatable bonds is 6. The average molecular weight is 423 g/mol. The van der Waals surface area contributed by atoms with Gasteiger partial charge in [0.25, 0.3) is 5.91 Å². The number of amides is 4. The molecule has 0 spiro atoms. The van der Waals surface area contributed by atoms with E-state index in [-0.39, 0.29) is 12.5 Å². The van der Waals surface area contributed by atoms with E-state index >= 15 is 0 Å². The smallest absolute Gasteiger partial charge is 0.329 e. The van der Waals surface area contributed by atoms with Gasteiger partial charge in [0.2, 0.25) is 12.7 Å². The van der Waals surface area contributed by atoms with Gasteiger partial charge in [-0.15, -0.1) is 0 Å². The minimum Gasteiger partial charge on any atom is -0.493 e. The molecule has 1 fully saturated rings. The first-order chi connectivity index (χ1) is 14.9. The Morgan fingerprint density at radius 3 is 2.61 bits per heavy atom. The number of fused-ring (bicyclic) bond motifs is 1. The number of hydrogen-bond acceptors (Lipinski definition) is 6. The van der Waals surface area contributed by atoms with Crippen molar-refractivity contribution >= 4 is 29.6 Å². The van der Waals surface area contributed by atoms with Crippen LogP contribution in [0.3, 0.4) is 0 Å². The van der Waals surface area contributed by atoms with Crippen LogP contribution < -0.4 is 24.8 Å². The predicted octanol–water partition coefficient (Wildman–Crippen LogP) is 2.65. The summed E-state index contributed by atoms with van der Waals surface area (Å²) < 4.78 is 16.4. The van der Waals surface area contributed by atoms with Gasteiger partial charge in [0.1, 0.15) is 18.0 Å². The van der Waals surface area contributed by atoms with Crippen molar-refractivity contribution in [3.8, 4) is 17.2 Å². The average Bonchev–Trinajstić information content (AvgIpc) is 3.29. The molecule has 0 radical (unpaired) electrons. The zero-order valence-corrected chi connectivity index (χ0v) is 17.1. The lowest BCUT2D eigenvalue weighted by atomic mass is 10.1. The first-order valence-corrected chi connectivity index (χ1v) is 9.72. The van der Waals surface area contributed by atoms with Crippen molar-refractivity contribution in [3.63, 3.8) is 0 Å². The van der Waals surface area contributed by atoms with Crippen molar-refractivity contribution in [1.82, 2.24) is 10.2 Å². The molecule has 1 saturated heterocycles. The number of benzene rings is 2. The molecule has 2 N–H and O–H groups in total. The second-order valence-corrected chi connectivity index (χ2v) is 6.97. The summed E-state index contributed by atoms with van der Waals surface area (Å²) in [4.78, 5) is 38.2. The number of nitrogens with zero attached hydrogens (tertiary/aromatic N) is 1. The zero-order valence-electron chi connectivity index (χ0n) is 17.1. The van der Waals surface area contributed by atoms with Crippen LogP contribution in [0.2, 0.25) is 0 Å².